The topological polar surface area (TPSA) is 91.3 Å². The molecular weight excluding hydrogens is 242 g/mol. The molecule has 0 unspecified atom stereocenters. The minimum Gasteiger partial charge on any atom is -0.367 e. The molecule has 0 aliphatic carbocycles. The monoisotopic (exact) mass is 257 g/mol. The average molecular weight is 257 g/mol. The number of pyridine rings is 1. The summed E-state index contributed by atoms with van der Waals surface area (Å²) < 4.78 is 30.4. The van der Waals surface area contributed by atoms with Gasteiger partial charge in [-0.2, -0.15) is 8.42 Å². The Morgan fingerprint density at radius 3 is 2.59 bits per heavy atom. The third-order valence-corrected chi connectivity index (χ3v) is 3.56. The molecule has 0 aromatic carbocycles. The number of nitrogens with one attached hydrogen (secondary N) is 2. The molecule has 17 heavy (non-hydrogen) atoms. The molecule has 0 spiro atoms. The fraction of sp³-hybridized carbons (Fsp3) is 0.500. The van der Waals surface area contributed by atoms with Crippen molar-refractivity contribution in [1.29, 1.82) is 0 Å². The number of nitrogens with zero attached hydrogens (tertiary/aromatic N) is 1. The smallest absolute Gasteiger partial charge is 0.296 e. The number of aromatic nitrogens is 1. The van der Waals surface area contributed by atoms with Crippen LogP contribution in [0.15, 0.2) is 23.2 Å². The summed E-state index contributed by atoms with van der Waals surface area (Å²) in [6.45, 7) is 1.95. The normalized spacial score (nSPS) is 17.9. The predicted molar refractivity (Wildman–Crippen MR) is 63.6 cm³/mol. The molecule has 1 aromatic rings. The zero-order valence-electron chi connectivity index (χ0n) is 9.26. The van der Waals surface area contributed by atoms with Gasteiger partial charge in [0.15, 0.2) is 0 Å². The van der Waals surface area contributed by atoms with Crippen LogP contribution >= 0.6 is 0 Å². The first-order chi connectivity index (χ1) is 8.05. The number of piperidine rings is 1. The lowest BCUT2D eigenvalue weighted by atomic mass is 10.1. The molecule has 0 radical (unpaired) electrons. The molecule has 1 aliphatic rings. The second-order valence-corrected chi connectivity index (χ2v) is 5.44. The highest BCUT2D eigenvalue weighted by atomic mass is 32.2. The molecule has 6 nitrogen and oxygen atoms in total. The van der Waals surface area contributed by atoms with E-state index in [0.29, 0.717) is 11.9 Å². The standard InChI is InChI=1S/C10H15N3O3S/c14-17(15,16)9-1-2-10(12-7-9)13-8-3-5-11-6-4-8/h1-2,7-8,11H,3-6H2,(H,12,13)(H,14,15,16). The highest BCUT2D eigenvalue weighted by Gasteiger charge is 2.14. The molecule has 0 atom stereocenters. The fourth-order valence-corrected chi connectivity index (χ4v) is 2.22. The molecule has 1 fully saturated rings. The quantitative estimate of drug-likeness (QED) is 0.683. The third kappa shape index (κ3) is 3.39. The highest BCUT2D eigenvalue weighted by Crippen LogP contribution is 2.13. The first-order valence-electron chi connectivity index (χ1n) is 5.46. The van der Waals surface area contributed by atoms with Crippen molar-refractivity contribution in [2.75, 3.05) is 18.4 Å². The van der Waals surface area contributed by atoms with E-state index in [-0.39, 0.29) is 4.90 Å². The second-order valence-electron chi connectivity index (χ2n) is 4.02. The second kappa shape index (κ2) is 4.99. The maximum atomic E-state index is 10.8. The van der Waals surface area contributed by atoms with E-state index in [2.05, 4.69) is 15.6 Å². The van der Waals surface area contributed by atoms with E-state index in [1.807, 2.05) is 0 Å². The average Bonchev–Trinajstić information content (AvgIpc) is 2.30. The van der Waals surface area contributed by atoms with Gasteiger partial charge in [-0.3, -0.25) is 4.55 Å². The summed E-state index contributed by atoms with van der Waals surface area (Å²) in [7, 11) is -4.15. The van der Waals surface area contributed by atoms with Gasteiger partial charge in [-0.05, 0) is 38.1 Å². The Hall–Kier alpha value is -1.18. The maximum Gasteiger partial charge on any atom is 0.296 e. The largest absolute Gasteiger partial charge is 0.367 e. The first-order valence-corrected chi connectivity index (χ1v) is 6.90. The third-order valence-electron chi connectivity index (χ3n) is 2.73. The molecule has 3 N–H and O–H groups in total. The van der Waals surface area contributed by atoms with Crippen LogP contribution in [0.3, 0.4) is 0 Å². The minimum absolute atomic E-state index is 0.187. The zero-order valence-corrected chi connectivity index (χ0v) is 10.1. The maximum absolute atomic E-state index is 10.8. The van der Waals surface area contributed by atoms with Crippen molar-refractivity contribution in [3.05, 3.63) is 18.3 Å². The Morgan fingerprint density at radius 2 is 2.06 bits per heavy atom. The number of rotatable bonds is 3. The molecule has 2 heterocycles. The van der Waals surface area contributed by atoms with Crippen molar-refractivity contribution >= 4 is 15.9 Å². The van der Waals surface area contributed by atoms with Gasteiger partial charge in [-0.15, -0.1) is 0 Å². The van der Waals surface area contributed by atoms with Gasteiger partial charge >= 0.3 is 0 Å². The van der Waals surface area contributed by atoms with Crippen LogP contribution in [0.1, 0.15) is 12.8 Å². The van der Waals surface area contributed by atoms with Crippen molar-refractivity contribution < 1.29 is 13.0 Å². The summed E-state index contributed by atoms with van der Waals surface area (Å²) in [4.78, 5) is 3.78. The summed E-state index contributed by atoms with van der Waals surface area (Å²) in [5.74, 6) is 0.629. The number of hydrogen-bond donors (Lipinski definition) is 3. The van der Waals surface area contributed by atoms with Crippen molar-refractivity contribution in [2.24, 2.45) is 0 Å². The lowest BCUT2D eigenvalue weighted by molar-refractivity contribution is 0.478. The molecule has 1 aromatic heterocycles. The Bertz CT molecular complexity index is 466. The molecule has 0 saturated carbocycles. The summed E-state index contributed by atoms with van der Waals surface area (Å²) in [6.07, 6.45) is 3.18. The van der Waals surface area contributed by atoms with Crippen LogP contribution in [0.5, 0.6) is 0 Å². The molecule has 0 amide bonds. The molecular formula is C10H15N3O3S. The number of anilines is 1. The Balaban J connectivity index is 2.03. The lowest BCUT2D eigenvalue weighted by Crippen LogP contribution is -2.35. The fourth-order valence-electron chi connectivity index (χ4n) is 1.79. The predicted octanol–water partition coefficient (Wildman–Crippen LogP) is 0.492. The highest BCUT2D eigenvalue weighted by molar-refractivity contribution is 7.85. The summed E-state index contributed by atoms with van der Waals surface area (Å²) in [5, 5.41) is 6.49. The van der Waals surface area contributed by atoms with Gasteiger partial charge in [-0.25, -0.2) is 4.98 Å². The molecule has 0 bridgehead atoms. The van der Waals surface area contributed by atoms with E-state index in [4.69, 9.17) is 4.55 Å². The van der Waals surface area contributed by atoms with Crippen molar-refractivity contribution in [3.8, 4) is 0 Å². The van der Waals surface area contributed by atoms with Crippen LogP contribution in [0.25, 0.3) is 0 Å². The van der Waals surface area contributed by atoms with Gasteiger partial charge in [-0.1, -0.05) is 0 Å². The van der Waals surface area contributed by atoms with Crippen LogP contribution in [0.2, 0.25) is 0 Å². The Labute approximate surface area is 100 Å². The van der Waals surface area contributed by atoms with E-state index in [1.165, 1.54) is 6.07 Å². The van der Waals surface area contributed by atoms with Gasteiger partial charge in [0.1, 0.15) is 10.7 Å². The summed E-state index contributed by atoms with van der Waals surface area (Å²) >= 11 is 0. The van der Waals surface area contributed by atoms with Crippen LogP contribution in [0, 0.1) is 0 Å². The van der Waals surface area contributed by atoms with E-state index in [1.54, 1.807) is 6.07 Å². The Morgan fingerprint density at radius 1 is 1.35 bits per heavy atom. The van der Waals surface area contributed by atoms with Crippen molar-refractivity contribution in [1.82, 2.24) is 10.3 Å². The van der Waals surface area contributed by atoms with Crippen LogP contribution in [-0.4, -0.2) is 37.1 Å². The van der Waals surface area contributed by atoms with E-state index in [0.717, 1.165) is 32.1 Å². The van der Waals surface area contributed by atoms with Gasteiger partial charge < -0.3 is 10.6 Å². The summed E-state index contributed by atoms with van der Waals surface area (Å²) in [6, 6.07) is 3.26. The van der Waals surface area contributed by atoms with Crippen molar-refractivity contribution in [2.45, 2.75) is 23.8 Å². The first kappa shape index (κ1) is 12.3. The molecule has 1 aliphatic heterocycles. The van der Waals surface area contributed by atoms with E-state index >= 15 is 0 Å². The van der Waals surface area contributed by atoms with E-state index < -0.39 is 10.1 Å². The minimum atomic E-state index is -4.15. The van der Waals surface area contributed by atoms with Gasteiger partial charge in [0.2, 0.25) is 0 Å². The van der Waals surface area contributed by atoms with E-state index in [9.17, 15) is 8.42 Å². The zero-order chi connectivity index (χ0) is 12.3. The van der Waals surface area contributed by atoms with Gasteiger partial charge in [0.05, 0.1) is 6.20 Å². The number of hydrogen-bond acceptors (Lipinski definition) is 5. The lowest BCUT2D eigenvalue weighted by Gasteiger charge is -2.24. The van der Waals surface area contributed by atoms with Gasteiger partial charge in [0.25, 0.3) is 10.1 Å². The van der Waals surface area contributed by atoms with Crippen LogP contribution in [0.4, 0.5) is 5.82 Å². The molecule has 7 heteroatoms. The van der Waals surface area contributed by atoms with Gasteiger partial charge in [0, 0.05) is 6.04 Å². The molecule has 94 valence electrons. The summed E-state index contributed by atoms with van der Waals surface area (Å²) in [5.41, 5.74) is 0. The van der Waals surface area contributed by atoms with Crippen LogP contribution in [-0.2, 0) is 10.1 Å². The molecule has 1 saturated heterocycles. The van der Waals surface area contributed by atoms with Crippen LogP contribution < -0.4 is 10.6 Å². The van der Waals surface area contributed by atoms with Crippen molar-refractivity contribution in [3.63, 3.8) is 0 Å². The molecule has 2 rings (SSSR count). The SMILES string of the molecule is O=S(=O)(O)c1ccc(NC2CCNCC2)nc1. The Kier molecular flexibility index (Phi) is 3.60.